The van der Waals surface area contributed by atoms with Gasteiger partial charge < -0.3 is 14.7 Å². The quantitative estimate of drug-likeness (QED) is 0.901. The van der Waals surface area contributed by atoms with Gasteiger partial charge in [0.25, 0.3) is 0 Å². The van der Waals surface area contributed by atoms with Crippen LogP contribution in [0.2, 0.25) is 0 Å². The van der Waals surface area contributed by atoms with Gasteiger partial charge in [0.2, 0.25) is 5.91 Å². The SMILES string of the molecule is O=C(CCOc1ccccc1O)N1CCN(C2CCCCC2)CC1. The van der Waals surface area contributed by atoms with Gasteiger partial charge in [0.05, 0.1) is 13.0 Å². The smallest absolute Gasteiger partial charge is 0.226 e. The standard InChI is InChI=1S/C19H28N2O3/c22-17-8-4-5-9-18(17)24-15-10-19(23)21-13-11-20(12-14-21)16-6-2-1-3-7-16/h4-5,8-9,16,22H,1-3,6-7,10-15H2. The summed E-state index contributed by atoms with van der Waals surface area (Å²) in [5, 5.41) is 9.65. The highest BCUT2D eigenvalue weighted by Crippen LogP contribution is 2.25. The Morgan fingerprint density at radius 2 is 1.79 bits per heavy atom. The van der Waals surface area contributed by atoms with Crippen molar-refractivity contribution in [3.8, 4) is 11.5 Å². The minimum Gasteiger partial charge on any atom is -0.504 e. The molecule has 1 aliphatic heterocycles. The maximum Gasteiger partial charge on any atom is 0.226 e. The van der Waals surface area contributed by atoms with Crippen molar-refractivity contribution in [3.05, 3.63) is 24.3 Å². The van der Waals surface area contributed by atoms with E-state index in [-0.39, 0.29) is 11.7 Å². The largest absolute Gasteiger partial charge is 0.504 e. The molecule has 1 aromatic carbocycles. The number of hydrogen-bond donors (Lipinski definition) is 1. The summed E-state index contributed by atoms with van der Waals surface area (Å²) in [5.41, 5.74) is 0. The Balaban J connectivity index is 1.38. The normalized spacial score (nSPS) is 20.1. The van der Waals surface area contributed by atoms with Crippen molar-refractivity contribution in [2.24, 2.45) is 0 Å². The maximum atomic E-state index is 12.3. The van der Waals surface area contributed by atoms with Gasteiger partial charge in [-0.1, -0.05) is 31.4 Å². The number of nitrogens with zero attached hydrogens (tertiary/aromatic N) is 2. The lowest BCUT2D eigenvalue weighted by atomic mass is 9.94. The number of carbonyl (C=O) groups excluding carboxylic acids is 1. The molecule has 1 aromatic rings. The zero-order valence-corrected chi connectivity index (χ0v) is 14.3. The van der Waals surface area contributed by atoms with Crippen LogP contribution in [0, 0.1) is 0 Å². The summed E-state index contributed by atoms with van der Waals surface area (Å²) in [6.07, 6.45) is 7.09. The van der Waals surface area contributed by atoms with E-state index in [0.29, 0.717) is 18.8 Å². The predicted molar refractivity (Wildman–Crippen MR) is 93.2 cm³/mol. The fourth-order valence-corrected chi connectivity index (χ4v) is 3.77. The van der Waals surface area contributed by atoms with Crippen molar-refractivity contribution in [3.63, 3.8) is 0 Å². The summed E-state index contributed by atoms with van der Waals surface area (Å²) in [4.78, 5) is 16.8. The summed E-state index contributed by atoms with van der Waals surface area (Å²) >= 11 is 0. The molecule has 0 aromatic heterocycles. The topological polar surface area (TPSA) is 53.0 Å². The number of carbonyl (C=O) groups is 1. The number of hydrogen-bond acceptors (Lipinski definition) is 4. The second kappa shape index (κ2) is 8.38. The van der Waals surface area contributed by atoms with Crippen LogP contribution >= 0.6 is 0 Å². The lowest BCUT2D eigenvalue weighted by molar-refractivity contribution is -0.133. The van der Waals surface area contributed by atoms with Crippen LogP contribution in [0.1, 0.15) is 38.5 Å². The van der Waals surface area contributed by atoms with Gasteiger partial charge in [-0.15, -0.1) is 0 Å². The van der Waals surface area contributed by atoms with Crippen LogP contribution < -0.4 is 4.74 Å². The summed E-state index contributed by atoms with van der Waals surface area (Å²) in [5.74, 6) is 0.701. The van der Waals surface area contributed by atoms with Gasteiger partial charge in [-0.25, -0.2) is 0 Å². The van der Waals surface area contributed by atoms with Crippen LogP contribution in [0.4, 0.5) is 0 Å². The van der Waals surface area contributed by atoms with Crippen molar-refractivity contribution >= 4 is 5.91 Å². The Kier molecular flexibility index (Phi) is 5.96. The molecule has 1 aliphatic carbocycles. The average molecular weight is 332 g/mol. The highest BCUT2D eigenvalue weighted by molar-refractivity contribution is 5.76. The summed E-state index contributed by atoms with van der Waals surface area (Å²) in [7, 11) is 0. The molecule has 5 nitrogen and oxygen atoms in total. The van der Waals surface area contributed by atoms with Gasteiger partial charge >= 0.3 is 0 Å². The first kappa shape index (κ1) is 17.1. The van der Waals surface area contributed by atoms with E-state index >= 15 is 0 Å². The molecule has 0 bridgehead atoms. The van der Waals surface area contributed by atoms with Gasteiger partial charge in [-0.3, -0.25) is 9.69 Å². The molecule has 1 amide bonds. The molecule has 3 rings (SSSR count). The molecule has 1 saturated heterocycles. The Hall–Kier alpha value is -1.75. The van der Waals surface area contributed by atoms with Crippen molar-refractivity contribution in [2.45, 2.75) is 44.6 Å². The monoisotopic (exact) mass is 332 g/mol. The first-order valence-electron chi connectivity index (χ1n) is 9.16. The van der Waals surface area contributed by atoms with Crippen LogP contribution in [0.3, 0.4) is 0 Å². The molecule has 2 fully saturated rings. The molecular weight excluding hydrogens is 304 g/mol. The van der Waals surface area contributed by atoms with Crippen LogP contribution in [-0.2, 0) is 4.79 Å². The summed E-state index contributed by atoms with van der Waals surface area (Å²) in [6, 6.07) is 7.59. The molecule has 0 spiro atoms. The van der Waals surface area contributed by atoms with Crippen LogP contribution in [0.15, 0.2) is 24.3 Å². The van der Waals surface area contributed by atoms with Crippen molar-refractivity contribution in [1.82, 2.24) is 9.80 Å². The molecular formula is C19H28N2O3. The van der Waals surface area contributed by atoms with E-state index in [0.717, 1.165) is 32.2 Å². The lowest BCUT2D eigenvalue weighted by Crippen LogP contribution is -2.52. The minimum atomic E-state index is 0.117. The minimum absolute atomic E-state index is 0.117. The number of phenols is 1. The van der Waals surface area contributed by atoms with E-state index in [1.807, 2.05) is 4.90 Å². The Morgan fingerprint density at radius 1 is 1.08 bits per heavy atom. The van der Waals surface area contributed by atoms with E-state index in [4.69, 9.17) is 4.74 Å². The third-order valence-electron chi connectivity index (χ3n) is 5.20. The van der Waals surface area contributed by atoms with E-state index in [2.05, 4.69) is 4.90 Å². The number of amides is 1. The van der Waals surface area contributed by atoms with Gasteiger partial charge in [-0.05, 0) is 25.0 Å². The third-order valence-corrected chi connectivity index (χ3v) is 5.20. The molecule has 0 atom stereocenters. The number of phenolic OH excluding ortho intramolecular Hbond substituents is 1. The molecule has 0 unspecified atom stereocenters. The fraction of sp³-hybridized carbons (Fsp3) is 0.632. The van der Waals surface area contributed by atoms with Crippen LogP contribution in [0.5, 0.6) is 11.5 Å². The van der Waals surface area contributed by atoms with Crippen molar-refractivity contribution in [2.75, 3.05) is 32.8 Å². The van der Waals surface area contributed by atoms with Gasteiger partial charge in [-0.2, -0.15) is 0 Å². The average Bonchev–Trinajstić information content (AvgIpc) is 2.64. The molecule has 5 heteroatoms. The zero-order chi connectivity index (χ0) is 16.8. The zero-order valence-electron chi connectivity index (χ0n) is 14.3. The second-order valence-corrected chi connectivity index (χ2v) is 6.77. The molecule has 132 valence electrons. The van der Waals surface area contributed by atoms with Crippen LogP contribution in [-0.4, -0.2) is 59.6 Å². The van der Waals surface area contributed by atoms with Gasteiger partial charge in [0.15, 0.2) is 11.5 Å². The highest BCUT2D eigenvalue weighted by atomic mass is 16.5. The van der Waals surface area contributed by atoms with E-state index < -0.39 is 0 Å². The van der Waals surface area contributed by atoms with Gasteiger partial charge in [0, 0.05) is 32.2 Å². The third kappa shape index (κ3) is 4.41. The molecule has 0 radical (unpaired) electrons. The predicted octanol–water partition coefficient (Wildman–Crippen LogP) is 2.64. The first-order valence-corrected chi connectivity index (χ1v) is 9.16. The molecule has 24 heavy (non-hydrogen) atoms. The van der Waals surface area contributed by atoms with E-state index in [1.165, 1.54) is 32.1 Å². The Bertz CT molecular complexity index is 535. The highest BCUT2D eigenvalue weighted by Gasteiger charge is 2.26. The number of ether oxygens (including phenoxy) is 1. The summed E-state index contributed by atoms with van der Waals surface area (Å²) < 4.78 is 5.51. The number of para-hydroxylation sites is 2. The molecule has 1 heterocycles. The van der Waals surface area contributed by atoms with Crippen molar-refractivity contribution in [1.29, 1.82) is 0 Å². The summed E-state index contributed by atoms with van der Waals surface area (Å²) in [6.45, 7) is 3.95. The molecule has 1 N–H and O–H groups in total. The maximum absolute atomic E-state index is 12.3. The number of aromatic hydroxyl groups is 1. The van der Waals surface area contributed by atoms with Crippen molar-refractivity contribution < 1.29 is 14.6 Å². The Labute approximate surface area is 144 Å². The Morgan fingerprint density at radius 3 is 2.50 bits per heavy atom. The number of rotatable bonds is 5. The molecule has 2 aliphatic rings. The second-order valence-electron chi connectivity index (χ2n) is 6.77. The van der Waals surface area contributed by atoms with Gasteiger partial charge in [0.1, 0.15) is 0 Å². The fourth-order valence-electron chi connectivity index (χ4n) is 3.77. The number of piperazine rings is 1. The van der Waals surface area contributed by atoms with E-state index in [9.17, 15) is 9.90 Å². The first-order chi connectivity index (χ1) is 11.7. The lowest BCUT2D eigenvalue weighted by Gasteiger charge is -2.40. The molecule has 1 saturated carbocycles. The van der Waals surface area contributed by atoms with E-state index in [1.54, 1.807) is 24.3 Å². The number of benzene rings is 1. The van der Waals surface area contributed by atoms with Crippen LogP contribution in [0.25, 0.3) is 0 Å².